The fourth-order valence-corrected chi connectivity index (χ4v) is 6.41. The lowest BCUT2D eigenvalue weighted by Crippen LogP contribution is -2.67. The SMILES string of the molecule is CN(OC(=O)CCC(=O)ON1C(=O)CCC1=O)C1OC(CO)C(OC2OC(CO)C(O)C(OC3OC(CO)C(C4CO4)C(O)C3O)C2O)C(O)C1O. The molecular weight excluding hydrogens is 712 g/mol. The minimum Gasteiger partial charge on any atom is -0.394 e. The molecule has 2 amide bonds. The Balaban J connectivity index is 1.18. The summed E-state index contributed by atoms with van der Waals surface area (Å²) in [4.78, 5) is 57.4. The van der Waals surface area contributed by atoms with Crippen molar-refractivity contribution in [3.05, 3.63) is 0 Å². The normalized spacial score (nSPS) is 42.4. The van der Waals surface area contributed by atoms with Crippen LogP contribution in [0.5, 0.6) is 0 Å². The first-order valence-electron chi connectivity index (χ1n) is 16.5. The molecule has 23 heteroatoms. The molecule has 5 heterocycles. The number of rotatable bonds is 14. The number of carbonyl (C=O) groups is 4. The third-order valence-electron chi connectivity index (χ3n) is 9.31. The molecule has 0 bridgehead atoms. The number of carbonyl (C=O) groups excluding carboxylic acids is 4. The number of imide groups is 1. The maximum absolute atomic E-state index is 12.4. The minimum absolute atomic E-state index is 0.124. The van der Waals surface area contributed by atoms with Gasteiger partial charge < -0.3 is 84.1 Å². The summed E-state index contributed by atoms with van der Waals surface area (Å²) in [5.74, 6) is -4.36. The molecule has 0 spiro atoms. The lowest BCUT2D eigenvalue weighted by Gasteiger charge is -2.49. The summed E-state index contributed by atoms with van der Waals surface area (Å²) in [6.45, 7) is -2.07. The van der Waals surface area contributed by atoms with Crippen molar-refractivity contribution in [1.82, 2.24) is 10.1 Å². The van der Waals surface area contributed by atoms with Gasteiger partial charge in [0.15, 0.2) is 18.8 Å². The molecule has 5 aliphatic heterocycles. The molecule has 16 atom stereocenters. The van der Waals surface area contributed by atoms with Crippen LogP contribution in [0.3, 0.4) is 0 Å². The molecule has 52 heavy (non-hydrogen) atoms. The number of ether oxygens (including phenoxy) is 6. The van der Waals surface area contributed by atoms with Crippen LogP contribution in [0.15, 0.2) is 0 Å². The van der Waals surface area contributed by atoms with Crippen LogP contribution < -0.4 is 0 Å². The lowest BCUT2D eigenvalue weighted by molar-refractivity contribution is -0.380. The van der Waals surface area contributed by atoms with Crippen molar-refractivity contribution in [2.75, 3.05) is 33.5 Å². The molecule has 0 aromatic heterocycles. The van der Waals surface area contributed by atoms with Crippen LogP contribution in [0.25, 0.3) is 0 Å². The average molecular weight is 757 g/mol. The van der Waals surface area contributed by atoms with Crippen molar-refractivity contribution >= 4 is 23.8 Å². The second-order valence-electron chi connectivity index (χ2n) is 12.8. The molecule has 23 nitrogen and oxygen atoms in total. The van der Waals surface area contributed by atoms with Crippen LogP contribution in [0.2, 0.25) is 0 Å². The van der Waals surface area contributed by atoms with Crippen LogP contribution >= 0.6 is 0 Å². The van der Waals surface area contributed by atoms with E-state index in [2.05, 4.69) is 4.84 Å². The predicted octanol–water partition coefficient (Wildman–Crippen LogP) is -7.13. The van der Waals surface area contributed by atoms with Gasteiger partial charge in [-0.05, 0) is 0 Å². The van der Waals surface area contributed by atoms with Gasteiger partial charge in [-0.25, -0.2) is 4.79 Å². The van der Waals surface area contributed by atoms with Gasteiger partial charge in [0, 0.05) is 25.8 Å². The summed E-state index contributed by atoms with van der Waals surface area (Å²) >= 11 is 0. The third kappa shape index (κ3) is 8.70. The van der Waals surface area contributed by atoms with E-state index in [-0.39, 0.29) is 19.4 Å². The maximum Gasteiger partial charge on any atom is 0.333 e. The molecule has 5 rings (SSSR count). The van der Waals surface area contributed by atoms with Crippen molar-refractivity contribution in [2.24, 2.45) is 5.92 Å². The van der Waals surface area contributed by atoms with E-state index >= 15 is 0 Å². The van der Waals surface area contributed by atoms with Crippen molar-refractivity contribution in [3.63, 3.8) is 0 Å². The summed E-state index contributed by atoms with van der Waals surface area (Å²) in [6.07, 6.45) is -25.5. The van der Waals surface area contributed by atoms with E-state index in [1.807, 2.05) is 0 Å². The summed E-state index contributed by atoms with van der Waals surface area (Å²) in [5.41, 5.74) is 0. The van der Waals surface area contributed by atoms with Gasteiger partial charge in [-0.1, -0.05) is 0 Å². The Morgan fingerprint density at radius 2 is 1.27 bits per heavy atom. The van der Waals surface area contributed by atoms with Crippen LogP contribution in [-0.4, -0.2) is 205 Å². The Hall–Kier alpha value is -2.56. The first-order valence-corrected chi connectivity index (χ1v) is 16.5. The summed E-state index contributed by atoms with van der Waals surface area (Å²) in [6, 6.07) is 0. The zero-order valence-corrected chi connectivity index (χ0v) is 27.7. The number of epoxide rings is 1. The van der Waals surface area contributed by atoms with Crippen molar-refractivity contribution < 1.29 is 103 Å². The highest BCUT2D eigenvalue weighted by Crippen LogP contribution is 2.37. The summed E-state index contributed by atoms with van der Waals surface area (Å²) in [7, 11) is 1.12. The molecule has 5 aliphatic rings. The number of amides is 2. The first kappa shape index (κ1) is 40.6. The molecule has 5 saturated heterocycles. The highest BCUT2D eigenvalue weighted by Gasteiger charge is 2.56. The Bertz CT molecular complexity index is 1250. The second-order valence-corrected chi connectivity index (χ2v) is 12.8. The van der Waals surface area contributed by atoms with E-state index in [0.29, 0.717) is 10.1 Å². The zero-order valence-electron chi connectivity index (χ0n) is 27.7. The number of aliphatic hydroxyl groups is 9. The van der Waals surface area contributed by atoms with Gasteiger partial charge in [0.1, 0.15) is 54.9 Å². The van der Waals surface area contributed by atoms with E-state index in [1.165, 1.54) is 0 Å². The fourth-order valence-electron chi connectivity index (χ4n) is 6.41. The van der Waals surface area contributed by atoms with E-state index in [4.69, 9.17) is 33.3 Å². The molecule has 9 N–H and O–H groups in total. The van der Waals surface area contributed by atoms with Crippen LogP contribution in [0.4, 0.5) is 0 Å². The zero-order chi connectivity index (χ0) is 38.0. The summed E-state index contributed by atoms with van der Waals surface area (Å²) in [5, 5.41) is 96.2. The molecule has 16 unspecified atom stereocenters. The fraction of sp³-hybridized carbons (Fsp3) is 0.862. The molecular formula is C29H44N2O21. The number of likely N-dealkylation sites (N-methyl/N-ethyl adjacent to an activating group) is 1. The minimum atomic E-state index is -1.97. The van der Waals surface area contributed by atoms with Crippen molar-refractivity contribution in [1.29, 1.82) is 0 Å². The van der Waals surface area contributed by atoms with E-state index < -0.39 is 154 Å². The van der Waals surface area contributed by atoms with E-state index in [1.54, 1.807) is 0 Å². The standard InChI is InChI=1S/C29H44N2O21/c1-30(51-16(37)4-5-17(38)52-31-14(35)2-3-15(31)36)27-22(42)21(41)25(12(8-34)46-27)49-29-24(44)26(19(39)11(7-33)48-29)50-28-23(43)20(40)18(13-9-45-13)10(6-32)47-28/h10-13,18-29,32-34,39-44H,2-9H2,1H3. The smallest absolute Gasteiger partial charge is 0.333 e. The first-order chi connectivity index (χ1) is 24.7. The van der Waals surface area contributed by atoms with Crippen LogP contribution in [0, 0.1) is 5.92 Å². The number of hydroxylamine groups is 4. The van der Waals surface area contributed by atoms with E-state index in [0.717, 1.165) is 7.05 Å². The van der Waals surface area contributed by atoms with Gasteiger partial charge in [-0.2, -0.15) is 0 Å². The second kappa shape index (κ2) is 17.3. The van der Waals surface area contributed by atoms with Crippen LogP contribution in [-0.2, 0) is 57.3 Å². The Kier molecular flexibility index (Phi) is 13.5. The number of hydrogen-bond acceptors (Lipinski definition) is 22. The molecule has 0 aliphatic carbocycles. The summed E-state index contributed by atoms with van der Waals surface area (Å²) < 4.78 is 33.3. The van der Waals surface area contributed by atoms with Crippen LogP contribution in [0.1, 0.15) is 25.7 Å². The highest BCUT2D eigenvalue weighted by atomic mass is 16.8. The predicted molar refractivity (Wildman–Crippen MR) is 157 cm³/mol. The molecule has 296 valence electrons. The van der Waals surface area contributed by atoms with Gasteiger partial charge in [-0.3, -0.25) is 14.4 Å². The van der Waals surface area contributed by atoms with E-state index in [9.17, 15) is 65.1 Å². The molecule has 0 saturated carbocycles. The van der Waals surface area contributed by atoms with Gasteiger partial charge in [0.05, 0.1) is 57.6 Å². The highest BCUT2D eigenvalue weighted by molar-refractivity contribution is 6.01. The number of hydrogen-bond donors (Lipinski definition) is 9. The number of nitrogens with zero attached hydrogens (tertiary/aromatic N) is 2. The number of aliphatic hydroxyl groups excluding tert-OH is 9. The Morgan fingerprint density at radius 1 is 0.712 bits per heavy atom. The van der Waals surface area contributed by atoms with Crippen molar-refractivity contribution in [2.45, 2.75) is 118 Å². The Morgan fingerprint density at radius 3 is 1.87 bits per heavy atom. The maximum atomic E-state index is 12.4. The topological polar surface area (TPSA) is 334 Å². The Labute approximate surface area is 294 Å². The largest absolute Gasteiger partial charge is 0.394 e. The third-order valence-corrected chi connectivity index (χ3v) is 9.31. The van der Waals surface area contributed by atoms with Gasteiger partial charge >= 0.3 is 11.9 Å². The molecule has 0 radical (unpaired) electrons. The molecule has 0 aromatic rings. The van der Waals surface area contributed by atoms with Gasteiger partial charge in [0.2, 0.25) is 0 Å². The van der Waals surface area contributed by atoms with Gasteiger partial charge in [0.25, 0.3) is 11.8 Å². The lowest BCUT2D eigenvalue weighted by atomic mass is 9.86. The van der Waals surface area contributed by atoms with Crippen molar-refractivity contribution in [3.8, 4) is 0 Å². The van der Waals surface area contributed by atoms with Gasteiger partial charge in [-0.15, -0.1) is 10.1 Å². The molecule has 0 aromatic carbocycles. The monoisotopic (exact) mass is 756 g/mol. The average Bonchev–Trinajstić information content (AvgIpc) is 3.91. The quantitative estimate of drug-likeness (QED) is 0.0451. The molecule has 5 fully saturated rings.